The van der Waals surface area contributed by atoms with E-state index in [0.29, 0.717) is 26.3 Å². The fraction of sp³-hybridized carbons (Fsp3) is 0.278. The molecule has 0 fully saturated rings. The normalized spacial score (nSPS) is 12.7. The van der Waals surface area contributed by atoms with E-state index in [9.17, 15) is 4.79 Å². The highest BCUT2D eigenvalue weighted by molar-refractivity contribution is 5.77. The first kappa shape index (κ1) is 15.4. The Morgan fingerprint density at radius 2 is 1.70 bits per heavy atom. The second kappa shape index (κ2) is 7.65. The number of nitrogens with one attached hydrogen (secondary N) is 2. The number of rotatable bonds is 6. The molecular formula is C18H20N2O3. The number of amides is 1. The van der Waals surface area contributed by atoms with Crippen LogP contribution in [0.5, 0.6) is 11.5 Å². The van der Waals surface area contributed by atoms with Crippen LogP contribution in [-0.2, 0) is 17.9 Å². The van der Waals surface area contributed by atoms with Crippen molar-refractivity contribution in [1.29, 1.82) is 0 Å². The lowest BCUT2D eigenvalue weighted by atomic mass is 10.2. The van der Waals surface area contributed by atoms with Crippen molar-refractivity contribution in [2.75, 3.05) is 19.8 Å². The summed E-state index contributed by atoms with van der Waals surface area (Å²) < 4.78 is 11.0. The largest absolute Gasteiger partial charge is 0.486 e. The van der Waals surface area contributed by atoms with E-state index in [0.717, 1.165) is 22.6 Å². The minimum absolute atomic E-state index is 0.0219. The van der Waals surface area contributed by atoms with Crippen molar-refractivity contribution in [2.45, 2.75) is 13.1 Å². The Balaban J connectivity index is 1.41. The molecule has 1 amide bonds. The van der Waals surface area contributed by atoms with Gasteiger partial charge < -0.3 is 20.1 Å². The Bertz CT molecular complexity index is 659. The van der Waals surface area contributed by atoms with Gasteiger partial charge in [0.15, 0.2) is 11.5 Å². The maximum absolute atomic E-state index is 11.8. The maximum Gasteiger partial charge on any atom is 0.234 e. The van der Waals surface area contributed by atoms with E-state index in [1.54, 1.807) is 0 Å². The summed E-state index contributed by atoms with van der Waals surface area (Å²) >= 11 is 0. The number of benzene rings is 2. The molecule has 2 N–H and O–H groups in total. The quantitative estimate of drug-likeness (QED) is 0.855. The molecular weight excluding hydrogens is 292 g/mol. The van der Waals surface area contributed by atoms with Gasteiger partial charge in [0.1, 0.15) is 13.2 Å². The fourth-order valence-corrected chi connectivity index (χ4v) is 2.38. The molecule has 0 bridgehead atoms. The second-order valence-corrected chi connectivity index (χ2v) is 5.34. The van der Waals surface area contributed by atoms with Gasteiger partial charge in [-0.05, 0) is 23.3 Å². The number of carbonyl (C=O) groups is 1. The molecule has 1 heterocycles. The third-order valence-electron chi connectivity index (χ3n) is 3.55. The zero-order valence-electron chi connectivity index (χ0n) is 12.9. The van der Waals surface area contributed by atoms with Gasteiger partial charge in [0.2, 0.25) is 5.91 Å². The summed E-state index contributed by atoms with van der Waals surface area (Å²) in [5.41, 5.74) is 2.15. The lowest BCUT2D eigenvalue weighted by molar-refractivity contribution is -0.120. The maximum atomic E-state index is 11.8. The standard InChI is InChI=1S/C18H20N2O3/c21-18(20-12-14-4-2-1-3-5-14)13-19-11-15-6-7-16-17(10-15)23-9-8-22-16/h1-7,10,19H,8-9,11-13H2,(H,20,21). The first-order valence-electron chi connectivity index (χ1n) is 7.71. The molecule has 5 nitrogen and oxygen atoms in total. The summed E-state index contributed by atoms with van der Waals surface area (Å²) in [7, 11) is 0. The van der Waals surface area contributed by atoms with Gasteiger partial charge in [-0.1, -0.05) is 36.4 Å². The van der Waals surface area contributed by atoms with Crippen LogP contribution in [0.1, 0.15) is 11.1 Å². The first-order chi connectivity index (χ1) is 11.3. The average Bonchev–Trinajstić information content (AvgIpc) is 2.61. The van der Waals surface area contributed by atoms with Crippen molar-refractivity contribution in [1.82, 2.24) is 10.6 Å². The Labute approximate surface area is 135 Å². The molecule has 5 heteroatoms. The van der Waals surface area contributed by atoms with Gasteiger partial charge in [-0.2, -0.15) is 0 Å². The number of carbonyl (C=O) groups excluding carboxylic acids is 1. The van der Waals surface area contributed by atoms with Crippen LogP contribution in [-0.4, -0.2) is 25.7 Å². The summed E-state index contributed by atoms with van der Waals surface area (Å²) in [5.74, 6) is 1.52. The van der Waals surface area contributed by atoms with Gasteiger partial charge in [0.25, 0.3) is 0 Å². The second-order valence-electron chi connectivity index (χ2n) is 5.34. The van der Waals surface area contributed by atoms with Crippen LogP contribution in [0.25, 0.3) is 0 Å². The minimum Gasteiger partial charge on any atom is -0.486 e. The number of fused-ring (bicyclic) bond motifs is 1. The number of ether oxygens (including phenoxy) is 2. The summed E-state index contributed by atoms with van der Waals surface area (Å²) in [6.45, 7) is 2.60. The summed E-state index contributed by atoms with van der Waals surface area (Å²) in [4.78, 5) is 11.8. The Kier molecular flexibility index (Phi) is 5.11. The van der Waals surface area contributed by atoms with Crippen LogP contribution in [0.15, 0.2) is 48.5 Å². The molecule has 3 rings (SSSR count). The molecule has 2 aromatic carbocycles. The van der Waals surface area contributed by atoms with E-state index < -0.39 is 0 Å². The van der Waals surface area contributed by atoms with Crippen LogP contribution in [0.3, 0.4) is 0 Å². The van der Waals surface area contributed by atoms with E-state index in [2.05, 4.69) is 10.6 Å². The van der Waals surface area contributed by atoms with E-state index >= 15 is 0 Å². The zero-order valence-corrected chi connectivity index (χ0v) is 12.9. The number of hydrogen-bond donors (Lipinski definition) is 2. The monoisotopic (exact) mass is 312 g/mol. The predicted octanol–water partition coefficient (Wildman–Crippen LogP) is 1.86. The SMILES string of the molecule is O=C(CNCc1ccc2c(c1)OCCO2)NCc1ccccc1. The molecule has 0 unspecified atom stereocenters. The highest BCUT2D eigenvalue weighted by atomic mass is 16.6. The average molecular weight is 312 g/mol. The van der Waals surface area contributed by atoms with Crippen LogP contribution in [0.2, 0.25) is 0 Å². The number of hydrogen-bond acceptors (Lipinski definition) is 4. The van der Waals surface area contributed by atoms with Gasteiger partial charge in [-0.3, -0.25) is 4.79 Å². The lowest BCUT2D eigenvalue weighted by Gasteiger charge is -2.19. The van der Waals surface area contributed by atoms with Crippen molar-refractivity contribution in [3.63, 3.8) is 0 Å². The Morgan fingerprint density at radius 3 is 2.52 bits per heavy atom. The molecule has 120 valence electrons. The van der Waals surface area contributed by atoms with Crippen LogP contribution in [0, 0.1) is 0 Å². The van der Waals surface area contributed by atoms with Crippen molar-refractivity contribution in [2.24, 2.45) is 0 Å². The Hall–Kier alpha value is -2.53. The minimum atomic E-state index is -0.0219. The van der Waals surface area contributed by atoms with Crippen molar-refractivity contribution >= 4 is 5.91 Å². The van der Waals surface area contributed by atoms with Crippen molar-refractivity contribution in [3.05, 3.63) is 59.7 Å². The van der Waals surface area contributed by atoms with Crippen molar-refractivity contribution in [3.8, 4) is 11.5 Å². The molecule has 2 aromatic rings. The summed E-state index contributed by atoms with van der Waals surface area (Å²) in [6, 6.07) is 15.7. The molecule has 23 heavy (non-hydrogen) atoms. The highest BCUT2D eigenvalue weighted by Gasteiger charge is 2.11. The molecule has 0 spiro atoms. The molecule has 0 saturated carbocycles. The molecule has 1 aliphatic heterocycles. The van der Waals surface area contributed by atoms with Crippen LogP contribution >= 0.6 is 0 Å². The van der Waals surface area contributed by atoms with Gasteiger partial charge in [0.05, 0.1) is 6.54 Å². The molecule has 0 aliphatic carbocycles. The van der Waals surface area contributed by atoms with E-state index in [1.165, 1.54) is 0 Å². The van der Waals surface area contributed by atoms with Gasteiger partial charge in [-0.25, -0.2) is 0 Å². The topological polar surface area (TPSA) is 59.6 Å². The van der Waals surface area contributed by atoms with Gasteiger partial charge in [0, 0.05) is 13.1 Å². The van der Waals surface area contributed by atoms with Crippen LogP contribution in [0.4, 0.5) is 0 Å². The fourth-order valence-electron chi connectivity index (χ4n) is 2.38. The third kappa shape index (κ3) is 4.47. The molecule has 0 radical (unpaired) electrons. The molecule has 0 saturated heterocycles. The van der Waals surface area contributed by atoms with E-state index in [-0.39, 0.29) is 12.5 Å². The summed E-state index contributed by atoms with van der Waals surface area (Å²) in [5, 5.41) is 6.03. The molecule has 1 aliphatic rings. The predicted molar refractivity (Wildman–Crippen MR) is 87.4 cm³/mol. The zero-order chi connectivity index (χ0) is 15.9. The highest BCUT2D eigenvalue weighted by Crippen LogP contribution is 2.30. The van der Waals surface area contributed by atoms with Crippen molar-refractivity contribution < 1.29 is 14.3 Å². The van der Waals surface area contributed by atoms with E-state index in [1.807, 2.05) is 48.5 Å². The lowest BCUT2D eigenvalue weighted by Crippen LogP contribution is -2.33. The Morgan fingerprint density at radius 1 is 0.913 bits per heavy atom. The third-order valence-corrected chi connectivity index (χ3v) is 3.55. The first-order valence-corrected chi connectivity index (χ1v) is 7.71. The molecule has 0 aromatic heterocycles. The van der Waals surface area contributed by atoms with E-state index in [4.69, 9.17) is 9.47 Å². The summed E-state index contributed by atoms with van der Waals surface area (Å²) in [6.07, 6.45) is 0. The van der Waals surface area contributed by atoms with Gasteiger partial charge in [-0.15, -0.1) is 0 Å². The smallest absolute Gasteiger partial charge is 0.234 e. The van der Waals surface area contributed by atoms with Gasteiger partial charge >= 0.3 is 0 Å². The molecule has 0 atom stereocenters. The van der Waals surface area contributed by atoms with Crippen LogP contribution < -0.4 is 20.1 Å².